The molecule has 0 saturated heterocycles. The van der Waals surface area contributed by atoms with Crippen molar-refractivity contribution in [1.82, 2.24) is 0 Å². The zero-order valence-corrected chi connectivity index (χ0v) is 11.8. The highest BCUT2D eigenvalue weighted by Crippen LogP contribution is 2.34. The van der Waals surface area contributed by atoms with E-state index in [1.54, 1.807) is 18.2 Å². The minimum atomic E-state index is -0.412. The van der Waals surface area contributed by atoms with Crippen LogP contribution in [0, 0.1) is 10.1 Å². The van der Waals surface area contributed by atoms with Crippen LogP contribution in [-0.2, 0) is 0 Å². The smallest absolute Gasteiger partial charge is 0.314 e. The zero-order valence-electron chi connectivity index (χ0n) is 11.0. The predicted molar refractivity (Wildman–Crippen MR) is 80.7 cm³/mol. The number of hydrogen-bond acceptors (Lipinski definition) is 5. The number of nitro groups is 1. The van der Waals surface area contributed by atoms with Crippen molar-refractivity contribution in [3.63, 3.8) is 0 Å². The van der Waals surface area contributed by atoms with Crippen LogP contribution < -0.4 is 11.1 Å². The first-order valence-electron chi connectivity index (χ1n) is 6.44. The molecular formula is C13H19N3O2S. The lowest BCUT2D eigenvalue weighted by Gasteiger charge is -2.28. The molecule has 0 atom stereocenters. The number of anilines is 2. The third kappa shape index (κ3) is 3.32. The van der Waals surface area contributed by atoms with Gasteiger partial charge >= 0.3 is 5.69 Å². The van der Waals surface area contributed by atoms with Gasteiger partial charge in [0, 0.05) is 11.3 Å². The minimum Gasteiger partial charge on any atom is -0.393 e. The van der Waals surface area contributed by atoms with Gasteiger partial charge in [-0.2, -0.15) is 11.8 Å². The van der Waals surface area contributed by atoms with Crippen LogP contribution in [0.2, 0.25) is 0 Å². The third-order valence-electron chi connectivity index (χ3n) is 3.62. The van der Waals surface area contributed by atoms with Crippen molar-refractivity contribution >= 4 is 28.8 Å². The van der Waals surface area contributed by atoms with Crippen LogP contribution >= 0.6 is 11.8 Å². The van der Waals surface area contributed by atoms with Crippen LogP contribution in [0.3, 0.4) is 0 Å². The van der Waals surface area contributed by atoms with E-state index in [0.29, 0.717) is 11.7 Å². The molecule has 3 N–H and O–H groups in total. The fourth-order valence-electron chi connectivity index (χ4n) is 2.54. The van der Waals surface area contributed by atoms with E-state index in [1.165, 1.54) is 0 Å². The van der Waals surface area contributed by atoms with Gasteiger partial charge in [0.05, 0.1) is 4.92 Å². The van der Waals surface area contributed by atoms with E-state index in [2.05, 4.69) is 11.6 Å². The van der Waals surface area contributed by atoms with Crippen molar-refractivity contribution in [2.75, 3.05) is 17.3 Å². The minimum absolute atomic E-state index is 0.00510. The van der Waals surface area contributed by atoms with Gasteiger partial charge < -0.3 is 11.1 Å². The summed E-state index contributed by atoms with van der Waals surface area (Å²) in [5.74, 6) is 0. The highest BCUT2D eigenvalue weighted by molar-refractivity contribution is 7.99. The first-order chi connectivity index (χ1) is 9.11. The van der Waals surface area contributed by atoms with Crippen LogP contribution in [0.4, 0.5) is 17.1 Å². The number of nitrogens with one attached hydrogen (secondary N) is 1. The Morgan fingerprint density at radius 1 is 1.37 bits per heavy atom. The van der Waals surface area contributed by atoms with E-state index in [9.17, 15) is 10.1 Å². The molecule has 1 aromatic carbocycles. The molecule has 0 radical (unpaired) electrons. The quantitative estimate of drug-likeness (QED) is 0.503. The topological polar surface area (TPSA) is 81.2 Å². The van der Waals surface area contributed by atoms with E-state index >= 15 is 0 Å². The predicted octanol–water partition coefficient (Wildman–Crippen LogP) is 3.26. The molecule has 19 heavy (non-hydrogen) atoms. The van der Waals surface area contributed by atoms with Crippen molar-refractivity contribution in [3.05, 3.63) is 28.3 Å². The number of benzene rings is 1. The number of hydrogen-bond donors (Lipinski definition) is 2. The van der Waals surface area contributed by atoms with Crippen LogP contribution in [0.25, 0.3) is 0 Å². The molecule has 2 rings (SSSR count). The summed E-state index contributed by atoms with van der Waals surface area (Å²) in [6, 6.07) is 5.35. The summed E-state index contributed by atoms with van der Waals surface area (Å²) in [4.78, 5) is 10.7. The molecule has 1 fully saturated rings. The van der Waals surface area contributed by atoms with Gasteiger partial charge in [-0.1, -0.05) is 6.07 Å². The first kappa shape index (κ1) is 14.0. The molecule has 1 aromatic rings. The van der Waals surface area contributed by atoms with Crippen molar-refractivity contribution in [3.8, 4) is 0 Å². The summed E-state index contributed by atoms with van der Waals surface area (Å²) in [6.07, 6.45) is 6.57. The Kier molecular flexibility index (Phi) is 4.52. The average Bonchev–Trinajstić information content (AvgIpc) is 2.39. The first-order valence-corrected chi connectivity index (χ1v) is 7.72. The van der Waals surface area contributed by atoms with E-state index in [-0.39, 0.29) is 11.4 Å². The molecule has 0 amide bonds. The van der Waals surface area contributed by atoms with Gasteiger partial charge in [-0.3, -0.25) is 10.1 Å². The van der Waals surface area contributed by atoms with E-state index in [0.717, 1.165) is 30.9 Å². The second-order valence-corrected chi connectivity index (χ2v) is 5.99. The SMILES string of the molecule is CSC1CCC(Nc2cccc(N)c2[N+](=O)[O-])CC1. The number of nitrogens with two attached hydrogens (primary N) is 1. The number of nitrogen functional groups attached to an aromatic ring is 1. The molecule has 1 aliphatic rings. The van der Waals surface area contributed by atoms with Gasteiger partial charge in [-0.25, -0.2) is 0 Å². The lowest BCUT2D eigenvalue weighted by Crippen LogP contribution is -2.27. The summed E-state index contributed by atoms with van der Waals surface area (Å²) >= 11 is 1.91. The van der Waals surface area contributed by atoms with Crippen LogP contribution in [0.5, 0.6) is 0 Å². The van der Waals surface area contributed by atoms with E-state index < -0.39 is 4.92 Å². The fraction of sp³-hybridized carbons (Fsp3) is 0.538. The number of rotatable bonds is 4. The van der Waals surface area contributed by atoms with Crippen LogP contribution in [0.15, 0.2) is 18.2 Å². The summed E-state index contributed by atoms with van der Waals surface area (Å²) in [5.41, 5.74) is 6.44. The Hall–Kier alpha value is -1.43. The van der Waals surface area contributed by atoms with Gasteiger partial charge in [-0.15, -0.1) is 0 Å². The highest BCUT2D eigenvalue weighted by Gasteiger charge is 2.24. The molecule has 0 heterocycles. The monoisotopic (exact) mass is 281 g/mol. The van der Waals surface area contributed by atoms with Crippen molar-refractivity contribution in [2.45, 2.75) is 37.0 Å². The van der Waals surface area contributed by atoms with Crippen molar-refractivity contribution in [2.24, 2.45) is 0 Å². The summed E-state index contributed by atoms with van der Waals surface area (Å²) in [5, 5.41) is 15.1. The number of nitrogens with zero attached hydrogens (tertiary/aromatic N) is 1. The normalized spacial score (nSPS) is 23.0. The number of para-hydroxylation sites is 1. The molecule has 0 spiro atoms. The van der Waals surface area contributed by atoms with E-state index in [1.807, 2.05) is 11.8 Å². The number of nitro benzene ring substituents is 1. The van der Waals surface area contributed by atoms with E-state index in [4.69, 9.17) is 5.73 Å². The average molecular weight is 281 g/mol. The largest absolute Gasteiger partial charge is 0.393 e. The molecule has 5 nitrogen and oxygen atoms in total. The summed E-state index contributed by atoms with van der Waals surface area (Å²) in [6.45, 7) is 0. The lowest BCUT2D eigenvalue weighted by atomic mass is 9.94. The van der Waals surface area contributed by atoms with Gasteiger partial charge in [0.1, 0.15) is 11.4 Å². The molecule has 1 saturated carbocycles. The molecule has 104 valence electrons. The Morgan fingerprint density at radius 3 is 2.63 bits per heavy atom. The Balaban J connectivity index is 2.08. The molecule has 0 bridgehead atoms. The number of thioether (sulfide) groups is 1. The van der Waals surface area contributed by atoms with Gasteiger partial charge in [0.25, 0.3) is 0 Å². The van der Waals surface area contributed by atoms with Crippen molar-refractivity contribution < 1.29 is 4.92 Å². The summed E-state index contributed by atoms with van der Waals surface area (Å²) < 4.78 is 0. The lowest BCUT2D eigenvalue weighted by molar-refractivity contribution is -0.383. The maximum Gasteiger partial charge on any atom is 0.314 e. The molecule has 0 aliphatic heterocycles. The zero-order chi connectivity index (χ0) is 13.8. The van der Waals surface area contributed by atoms with Crippen molar-refractivity contribution in [1.29, 1.82) is 0 Å². The maximum atomic E-state index is 11.1. The molecule has 6 heteroatoms. The van der Waals surface area contributed by atoms with Gasteiger partial charge in [-0.05, 0) is 44.1 Å². The summed E-state index contributed by atoms with van der Waals surface area (Å²) in [7, 11) is 0. The van der Waals surface area contributed by atoms with Crippen LogP contribution in [0.1, 0.15) is 25.7 Å². The second kappa shape index (κ2) is 6.14. The Labute approximate surface area is 117 Å². The molecule has 1 aliphatic carbocycles. The standard InChI is InChI=1S/C13H19N3O2S/c1-19-10-7-5-9(6-8-10)15-12-4-2-3-11(14)13(12)16(17)18/h2-4,9-10,15H,5-8,14H2,1H3. The molecule has 0 aromatic heterocycles. The maximum absolute atomic E-state index is 11.1. The molecule has 0 unspecified atom stereocenters. The molecular weight excluding hydrogens is 262 g/mol. The van der Waals surface area contributed by atoms with Gasteiger partial charge in [0.15, 0.2) is 0 Å². The van der Waals surface area contributed by atoms with Crippen LogP contribution in [-0.4, -0.2) is 22.5 Å². The highest BCUT2D eigenvalue weighted by atomic mass is 32.2. The Morgan fingerprint density at radius 2 is 2.05 bits per heavy atom. The van der Waals surface area contributed by atoms with Gasteiger partial charge in [0.2, 0.25) is 0 Å². The fourth-order valence-corrected chi connectivity index (χ4v) is 3.29. The Bertz CT molecular complexity index is 459. The second-order valence-electron chi connectivity index (χ2n) is 4.85. The third-order valence-corrected chi connectivity index (χ3v) is 4.76.